The average molecular weight is 95.1 g/mol. The molecule has 0 fully saturated rings. The summed E-state index contributed by atoms with van der Waals surface area (Å²) < 4.78 is 0. The molecule has 0 aromatic carbocycles. The van der Waals surface area contributed by atoms with E-state index >= 15 is 0 Å². The van der Waals surface area contributed by atoms with E-state index in [-0.39, 0.29) is 0 Å². The van der Waals surface area contributed by atoms with Gasteiger partial charge in [0.1, 0.15) is 0 Å². The summed E-state index contributed by atoms with van der Waals surface area (Å²) in [5.74, 6) is 0. The van der Waals surface area contributed by atoms with E-state index in [9.17, 15) is 0 Å². The molecule has 3 nitrogen and oxygen atoms in total. The molecule has 4 N–H and O–H groups in total. The van der Waals surface area contributed by atoms with E-state index < -0.39 is 8.80 Å². The van der Waals surface area contributed by atoms with E-state index in [1.54, 1.807) is 0 Å². The topological polar surface area (TPSA) is 63.4 Å². The Morgan fingerprint density at radius 3 is 1.60 bits per heavy atom. The monoisotopic (exact) mass is 95.0 g/mol. The molecular weight excluding hydrogens is 88.1 g/mol. The van der Waals surface area contributed by atoms with Crippen LogP contribution in [0.5, 0.6) is 0 Å². The van der Waals surface area contributed by atoms with Crippen molar-refractivity contribution in [2.45, 2.75) is 6.55 Å². The Morgan fingerprint density at radius 1 is 1.60 bits per heavy atom. The van der Waals surface area contributed by atoms with Crippen LogP contribution in [0.25, 0.3) is 0 Å². The van der Waals surface area contributed by atoms with Crippen LogP contribution in [0.3, 0.4) is 0 Å². The highest BCUT2D eigenvalue weighted by Crippen LogP contribution is 1.75. The van der Waals surface area contributed by atoms with E-state index in [1.165, 1.54) is 0 Å². The van der Waals surface area contributed by atoms with Gasteiger partial charge in [-0.25, -0.2) is 0 Å². The normalized spacial score (nSPS) is 12.0. The zero-order chi connectivity index (χ0) is 4.50. The highest BCUT2D eigenvalue weighted by atomic mass is 28.4. The van der Waals surface area contributed by atoms with Crippen molar-refractivity contribution in [1.82, 2.24) is 0 Å². The maximum absolute atomic E-state index is 7.88. The van der Waals surface area contributed by atoms with Crippen LogP contribution in [0, 0.1) is 0 Å². The second-order valence-corrected chi connectivity index (χ2v) is 3.06. The molecular formula is CH7O3Si+. The van der Waals surface area contributed by atoms with Crippen LogP contribution in [-0.2, 0) is 0 Å². The fourth-order valence-electron chi connectivity index (χ4n) is 0. The van der Waals surface area contributed by atoms with Crippen molar-refractivity contribution in [1.29, 1.82) is 0 Å². The highest BCUT2D eigenvalue weighted by molar-refractivity contribution is 6.54. The number of rotatable bonds is 0. The van der Waals surface area contributed by atoms with Crippen molar-refractivity contribution in [3.05, 3.63) is 0 Å². The van der Waals surface area contributed by atoms with Crippen LogP contribution in [0.1, 0.15) is 0 Å². The fraction of sp³-hybridized carbons (Fsp3) is 1.00. The summed E-state index contributed by atoms with van der Waals surface area (Å²) in [6.07, 6.45) is 0. The van der Waals surface area contributed by atoms with Crippen LogP contribution in [-0.4, -0.2) is 23.2 Å². The van der Waals surface area contributed by atoms with Gasteiger partial charge in [0.25, 0.3) is 0 Å². The molecule has 32 valence electrons. The molecule has 0 bridgehead atoms. The lowest BCUT2D eigenvalue weighted by Gasteiger charge is -1.86. The molecule has 0 rings (SSSR count). The van der Waals surface area contributed by atoms with Gasteiger partial charge in [0.2, 0.25) is 0 Å². The fourth-order valence-corrected chi connectivity index (χ4v) is 0. The molecule has 0 saturated heterocycles. The number of hydrogen-bond acceptors (Lipinski definition) is 2. The van der Waals surface area contributed by atoms with Crippen molar-refractivity contribution in [2.24, 2.45) is 0 Å². The van der Waals surface area contributed by atoms with Crippen LogP contribution < -0.4 is 0 Å². The summed E-state index contributed by atoms with van der Waals surface area (Å²) in [7, 11) is -3.36. The van der Waals surface area contributed by atoms with Gasteiger partial charge < -0.3 is 14.4 Å². The van der Waals surface area contributed by atoms with Gasteiger partial charge in [-0.3, -0.25) is 0 Å². The predicted molar refractivity (Wildman–Crippen MR) is 19.7 cm³/mol. The van der Waals surface area contributed by atoms with Gasteiger partial charge in [-0.05, 0) is 0 Å². The standard InChI is InChI=1S/CH6O3Si/c1-5(2,3)4/h2-4H,1H3/p+1. The zero-order valence-corrected chi connectivity index (χ0v) is 3.89. The van der Waals surface area contributed by atoms with Gasteiger partial charge >= 0.3 is 8.80 Å². The zero-order valence-electron chi connectivity index (χ0n) is 2.89. The molecule has 0 aliphatic carbocycles. The lowest BCUT2D eigenvalue weighted by Crippen LogP contribution is -2.28. The van der Waals surface area contributed by atoms with E-state index in [2.05, 4.69) is 0 Å². The van der Waals surface area contributed by atoms with Crippen LogP contribution >= 0.6 is 0 Å². The average Bonchev–Trinajstić information content (AvgIpc) is 0.722. The van der Waals surface area contributed by atoms with Crippen molar-refractivity contribution in [3.8, 4) is 0 Å². The SMILES string of the molecule is C[Si](O)(O)[OH2+]. The van der Waals surface area contributed by atoms with Crippen molar-refractivity contribution in [3.63, 3.8) is 0 Å². The quantitative estimate of drug-likeness (QED) is 0.277. The van der Waals surface area contributed by atoms with E-state index in [4.69, 9.17) is 14.4 Å². The Labute approximate surface area is 30.9 Å². The Kier molecular flexibility index (Phi) is 1.08. The van der Waals surface area contributed by atoms with E-state index in [0.29, 0.717) is 0 Å². The summed E-state index contributed by atoms with van der Waals surface area (Å²) in [6.45, 7) is 1.10. The second kappa shape index (κ2) is 1.06. The molecule has 0 aromatic heterocycles. The summed E-state index contributed by atoms with van der Waals surface area (Å²) in [5, 5.41) is 0. The Balaban J connectivity index is 3.02. The van der Waals surface area contributed by atoms with Gasteiger partial charge in [0, 0.05) is 0 Å². The van der Waals surface area contributed by atoms with E-state index in [1.807, 2.05) is 0 Å². The first-order chi connectivity index (χ1) is 2.00. The third-order valence-electron chi connectivity index (χ3n) is 0. The minimum absolute atomic E-state index is 1.10. The van der Waals surface area contributed by atoms with Crippen LogP contribution in [0.4, 0.5) is 0 Å². The van der Waals surface area contributed by atoms with Gasteiger partial charge in [-0.15, -0.1) is 0 Å². The molecule has 0 amide bonds. The van der Waals surface area contributed by atoms with Gasteiger partial charge in [0.05, 0.1) is 6.55 Å². The largest absolute Gasteiger partial charge is 0.708 e. The van der Waals surface area contributed by atoms with Crippen LogP contribution in [0.15, 0.2) is 0 Å². The maximum Gasteiger partial charge on any atom is 0.708 e. The lowest BCUT2D eigenvalue weighted by atomic mass is 11.9. The summed E-state index contributed by atoms with van der Waals surface area (Å²) >= 11 is 0. The van der Waals surface area contributed by atoms with Crippen molar-refractivity contribution >= 4 is 8.80 Å². The maximum atomic E-state index is 7.88. The predicted octanol–water partition coefficient (Wildman–Crippen LogP) is -1.74. The summed E-state index contributed by atoms with van der Waals surface area (Å²) in [6, 6.07) is 0. The molecule has 0 aliphatic heterocycles. The van der Waals surface area contributed by atoms with Crippen molar-refractivity contribution in [2.75, 3.05) is 0 Å². The molecule has 0 atom stereocenters. The highest BCUT2D eigenvalue weighted by Gasteiger charge is 2.28. The molecule has 0 unspecified atom stereocenters. The first kappa shape index (κ1) is 5.10. The van der Waals surface area contributed by atoms with Gasteiger partial charge in [-0.2, -0.15) is 0 Å². The minimum atomic E-state index is -3.36. The lowest BCUT2D eigenvalue weighted by molar-refractivity contribution is 0.239. The van der Waals surface area contributed by atoms with Crippen LogP contribution in [0.2, 0.25) is 6.55 Å². The molecule has 0 aliphatic rings. The second-order valence-electron chi connectivity index (χ2n) is 1.02. The molecule has 0 heterocycles. The molecule has 0 radical (unpaired) electrons. The third-order valence-corrected chi connectivity index (χ3v) is 0. The van der Waals surface area contributed by atoms with E-state index in [0.717, 1.165) is 6.55 Å². The Bertz CT molecular complexity index is 22.4. The minimum Gasteiger partial charge on any atom is -0.499 e. The number of hydrogen-bond donors (Lipinski definition) is 2. The Hall–Kier alpha value is 0.0969. The third kappa shape index (κ3) is 1920. The first-order valence-electron chi connectivity index (χ1n) is 1.20. The summed E-state index contributed by atoms with van der Waals surface area (Å²) in [5.41, 5.74) is 0. The smallest absolute Gasteiger partial charge is 0.499 e. The van der Waals surface area contributed by atoms with Gasteiger partial charge in [-0.1, -0.05) is 0 Å². The summed E-state index contributed by atoms with van der Waals surface area (Å²) in [4.78, 5) is 22.0. The molecule has 0 saturated carbocycles. The molecule has 4 heteroatoms. The first-order valence-corrected chi connectivity index (χ1v) is 3.59. The molecule has 0 aromatic rings. The van der Waals surface area contributed by atoms with Crippen molar-refractivity contribution < 1.29 is 14.4 Å². The van der Waals surface area contributed by atoms with Gasteiger partial charge in [0.15, 0.2) is 0 Å². The Morgan fingerprint density at radius 2 is 1.60 bits per heavy atom. The molecule has 5 heavy (non-hydrogen) atoms. The molecule has 0 spiro atoms.